The molecule has 0 saturated heterocycles. The summed E-state index contributed by atoms with van der Waals surface area (Å²) in [5.74, 6) is 0. The lowest BCUT2D eigenvalue weighted by molar-refractivity contribution is 0.931. The fraction of sp³-hybridized carbons (Fsp3) is 0.267. The van der Waals surface area contributed by atoms with Crippen molar-refractivity contribution in [2.75, 3.05) is 0 Å². The smallest absolute Gasteiger partial charge is 0.0892 e. The van der Waals surface area contributed by atoms with E-state index in [0.717, 1.165) is 30.7 Å². The van der Waals surface area contributed by atoms with Gasteiger partial charge in [-0.15, -0.1) is 6.58 Å². The summed E-state index contributed by atoms with van der Waals surface area (Å²) >= 11 is 0. The molecule has 2 heteroatoms. The highest BCUT2D eigenvalue weighted by molar-refractivity contribution is 5.63. The van der Waals surface area contributed by atoms with Crippen LogP contribution >= 0.6 is 0 Å². The summed E-state index contributed by atoms with van der Waals surface area (Å²) in [4.78, 5) is 4.41. The van der Waals surface area contributed by atoms with Crippen molar-refractivity contribution in [1.29, 1.82) is 0 Å². The van der Waals surface area contributed by atoms with E-state index in [0.29, 0.717) is 0 Å². The summed E-state index contributed by atoms with van der Waals surface area (Å²) in [6.45, 7) is 13.6. The number of rotatable bonds is 7. The van der Waals surface area contributed by atoms with Crippen molar-refractivity contribution >= 4 is 5.70 Å². The first kappa shape index (κ1) is 13.2. The zero-order valence-electron chi connectivity index (χ0n) is 10.5. The Kier molecular flexibility index (Phi) is 5.21. The number of hydrogen-bond acceptors (Lipinski definition) is 2. The van der Waals surface area contributed by atoms with Crippen molar-refractivity contribution in [3.8, 4) is 0 Å². The maximum Gasteiger partial charge on any atom is 0.0892 e. The minimum absolute atomic E-state index is 0.800. The predicted octanol–water partition coefficient (Wildman–Crippen LogP) is 3.47. The van der Waals surface area contributed by atoms with Crippen LogP contribution in [0.15, 0.2) is 44.3 Å². The molecule has 1 heterocycles. The van der Waals surface area contributed by atoms with Crippen LogP contribution in [0.1, 0.15) is 30.2 Å². The van der Waals surface area contributed by atoms with Gasteiger partial charge < -0.3 is 5.32 Å². The molecule has 0 atom stereocenters. The van der Waals surface area contributed by atoms with Gasteiger partial charge in [-0.05, 0) is 42.7 Å². The Morgan fingerprint density at radius 2 is 2.24 bits per heavy atom. The number of nitrogens with zero attached hydrogens (tertiary/aromatic N) is 1. The van der Waals surface area contributed by atoms with Crippen LogP contribution in [-0.4, -0.2) is 4.98 Å². The van der Waals surface area contributed by atoms with Crippen molar-refractivity contribution in [3.05, 3.63) is 61.1 Å². The van der Waals surface area contributed by atoms with Gasteiger partial charge in [-0.25, -0.2) is 0 Å². The Balaban J connectivity index is 3.13. The van der Waals surface area contributed by atoms with Gasteiger partial charge in [-0.2, -0.15) is 0 Å². The molecule has 0 aliphatic carbocycles. The van der Waals surface area contributed by atoms with Gasteiger partial charge in [-0.1, -0.05) is 26.2 Å². The summed E-state index contributed by atoms with van der Waals surface area (Å²) in [6.07, 6.45) is 8.30. The van der Waals surface area contributed by atoms with Gasteiger partial charge in [-0.3, -0.25) is 4.98 Å². The van der Waals surface area contributed by atoms with E-state index in [1.165, 1.54) is 11.1 Å². The molecule has 0 radical (unpaired) electrons. The van der Waals surface area contributed by atoms with Gasteiger partial charge >= 0.3 is 0 Å². The number of nitrogens with one attached hydrogen (secondary N) is 1. The summed E-state index contributed by atoms with van der Waals surface area (Å²) in [6, 6.07) is 2.07. The Labute approximate surface area is 104 Å². The Bertz CT molecular complexity index is 419. The number of allylic oxidation sites excluding steroid dienone is 1. The number of pyridine rings is 1. The molecule has 0 saturated carbocycles. The highest BCUT2D eigenvalue weighted by atomic mass is 14.9. The maximum atomic E-state index is 4.41. The molecule has 1 aromatic heterocycles. The largest absolute Gasteiger partial charge is 0.361 e. The second kappa shape index (κ2) is 6.69. The van der Waals surface area contributed by atoms with Crippen molar-refractivity contribution in [1.82, 2.24) is 10.3 Å². The van der Waals surface area contributed by atoms with E-state index in [-0.39, 0.29) is 0 Å². The second-order valence-corrected chi connectivity index (χ2v) is 3.81. The van der Waals surface area contributed by atoms with Crippen LogP contribution in [0.25, 0.3) is 5.70 Å². The minimum atomic E-state index is 0.800. The van der Waals surface area contributed by atoms with Crippen LogP contribution in [0.4, 0.5) is 0 Å². The topological polar surface area (TPSA) is 24.9 Å². The molecule has 0 aromatic carbocycles. The van der Waals surface area contributed by atoms with Crippen LogP contribution in [0.2, 0.25) is 0 Å². The van der Waals surface area contributed by atoms with Crippen LogP contribution < -0.4 is 5.32 Å². The predicted molar refractivity (Wildman–Crippen MR) is 74.5 cm³/mol. The second-order valence-electron chi connectivity index (χ2n) is 3.81. The molecule has 0 bridgehead atoms. The first-order valence-electron chi connectivity index (χ1n) is 5.89. The van der Waals surface area contributed by atoms with Crippen molar-refractivity contribution in [2.24, 2.45) is 0 Å². The van der Waals surface area contributed by atoms with E-state index in [1.54, 1.807) is 6.20 Å². The third-order valence-corrected chi connectivity index (χ3v) is 2.69. The highest BCUT2D eigenvalue weighted by Gasteiger charge is 2.10. The molecular weight excluding hydrogens is 208 g/mol. The van der Waals surface area contributed by atoms with Crippen LogP contribution in [0, 0.1) is 0 Å². The molecule has 17 heavy (non-hydrogen) atoms. The highest BCUT2D eigenvalue weighted by Crippen LogP contribution is 2.20. The average molecular weight is 228 g/mol. The number of hydrogen-bond donors (Lipinski definition) is 1. The molecule has 0 fully saturated rings. The number of aromatic nitrogens is 1. The standard InChI is InChI=1S/C15H20N2/c1-5-8-9-14-13(6-2)10-11-17-15(14)12(4)16-7-3/h5,7,10-11,16H,1,3-4,6,8-9H2,2H3. The lowest BCUT2D eigenvalue weighted by atomic mass is 9.98. The Morgan fingerprint density at radius 3 is 2.82 bits per heavy atom. The fourth-order valence-corrected chi connectivity index (χ4v) is 1.84. The Hall–Kier alpha value is -1.83. The van der Waals surface area contributed by atoms with E-state index in [4.69, 9.17) is 0 Å². The van der Waals surface area contributed by atoms with Crippen molar-refractivity contribution in [2.45, 2.75) is 26.2 Å². The zero-order chi connectivity index (χ0) is 12.7. The molecule has 1 rings (SSSR count). The average Bonchev–Trinajstić information content (AvgIpc) is 2.36. The quantitative estimate of drug-likeness (QED) is 0.723. The van der Waals surface area contributed by atoms with Gasteiger partial charge in [0.05, 0.1) is 11.4 Å². The van der Waals surface area contributed by atoms with E-state index in [9.17, 15) is 0 Å². The lowest BCUT2D eigenvalue weighted by Crippen LogP contribution is -2.09. The van der Waals surface area contributed by atoms with E-state index >= 15 is 0 Å². The minimum Gasteiger partial charge on any atom is -0.361 e. The molecular formula is C15H20N2. The van der Waals surface area contributed by atoms with Gasteiger partial charge in [0.25, 0.3) is 0 Å². The fourth-order valence-electron chi connectivity index (χ4n) is 1.84. The normalized spacial score (nSPS) is 9.71. The zero-order valence-corrected chi connectivity index (χ0v) is 10.5. The molecule has 1 N–H and O–H groups in total. The molecule has 0 unspecified atom stereocenters. The summed E-state index contributed by atoms with van der Waals surface area (Å²) in [7, 11) is 0. The molecule has 0 aliphatic rings. The van der Waals surface area contributed by atoms with Crippen molar-refractivity contribution in [3.63, 3.8) is 0 Å². The third-order valence-electron chi connectivity index (χ3n) is 2.69. The van der Waals surface area contributed by atoms with Gasteiger partial charge in [0.1, 0.15) is 0 Å². The Morgan fingerprint density at radius 1 is 1.47 bits per heavy atom. The monoisotopic (exact) mass is 228 g/mol. The van der Waals surface area contributed by atoms with E-state index in [1.807, 2.05) is 12.3 Å². The first-order valence-corrected chi connectivity index (χ1v) is 5.89. The van der Waals surface area contributed by atoms with E-state index < -0.39 is 0 Å². The maximum absolute atomic E-state index is 4.41. The summed E-state index contributed by atoms with van der Waals surface area (Å²) in [5, 5.41) is 3.01. The molecule has 0 aliphatic heterocycles. The molecule has 1 aromatic rings. The summed E-state index contributed by atoms with van der Waals surface area (Å²) in [5.41, 5.74) is 4.32. The van der Waals surface area contributed by atoms with Gasteiger partial charge in [0.15, 0.2) is 0 Å². The SMILES string of the molecule is C=CCCc1c(CC)ccnc1C(=C)NC=C. The van der Waals surface area contributed by atoms with Crippen LogP contribution in [-0.2, 0) is 12.8 Å². The lowest BCUT2D eigenvalue weighted by Gasteiger charge is -2.14. The molecule has 2 nitrogen and oxygen atoms in total. The number of aryl methyl sites for hydroxylation is 1. The van der Waals surface area contributed by atoms with Crippen LogP contribution in [0.3, 0.4) is 0 Å². The molecule has 0 amide bonds. The first-order chi connectivity index (χ1) is 8.24. The molecule has 90 valence electrons. The summed E-state index contributed by atoms with van der Waals surface area (Å²) < 4.78 is 0. The van der Waals surface area contributed by atoms with Gasteiger partial charge in [0, 0.05) is 6.20 Å². The third kappa shape index (κ3) is 3.31. The van der Waals surface area contributed by atoms with E-state index in [2.05, 4.69) is 43.0 Å². The van der Waals surface area contributed by atoms with Crippen molar-refractivity contribution < 1.29 is 0 Å². The van der Waals surface area contributed by atoms with Gasteiger partial charge in [0.2, 0.25) is 0 Å². The van der Waals surface area contributed by atoms with Crippen LogP contribution in [0.5, 0.6) is 0 Å². The molecule has 0 spiro atoms.